The van der Waals surface area contributed by atoms with Crippen LogP contribution in [0.1, 0.15) is 0 Å². The summed E-state index contributed by atoms with van der Waals surface area (Å²) >= 11 is 0. The van der Waals surface area contributed by atoms with Crippen LogP contribution in [0.4, 0.5) is 17.1 Å². The van der Waals surface area contributed by atoms with Gasteiger partial charge in [-0.1, -0.05) is 146 Å². The summed E-state index contributed by atoms with van der Waals surface area (Å²) in [6.45, 7) is 0. The molecule has 2 heteroatoms. The maximum absolute atomic E-state index is 2.46. The summed E-state index contributed by atoms with van der Waals surface area (Å²) in [5, 5.41) is 7.67. The molecule has 2 nitrogen and oxygen atoms in total. The van der Waals surface area contributed by atoms with Crippen molar-refractivity contribution in [2.24, 2.45) is 0 Å². The molecule has 11 rings (SSSR count). The van der Waals surface area contributed by atoms with Gasteiger partial charge in [0.1, 0.15) is 0 Å². The topological polar surface area (TPSA) is 8.17 Å². The van der Waals surface area contributed by atoms with Crippen LogP contribution in [0.25, 0.3) is 82.4 Å². The fraction of sp³-hybridized carbons (Fsp3) is 0. The number of para-hydroxylation sites is 3. The van der Waals surface area contributed by atoms with Crippen LogP contribution in [0.15, 0.2) is 194 Å². The molecule has 0 atom stereocenters. The molecule has 242 valence electrons. The van der Waals surface area contributed by atoms with Crippen molar-refractivity contribution in [1.29, 1.82) is 0 Å². The Morgan fingerprint density at radius 3 is 1.90 bits per heavy atom. The van der Waals surface area contributed by atoms with E-state index >= 15 is 0 Å². The summed E-state index contributed by atoms with van der Waals surface area (Å²) in [6, 6.07) is 70.9. The van der Waals surface area contributed by atoms with Crippen LogP contribution in [0, 0.1) is 0 Å². The standard InChI is InChI=1S/C50H32N2/c1-3-15-33(16-4-1)38-21-9-11-26-44(38)52-45-27-12-10-23-40(45)41-30-29-37(32-47(41)52)51(36-19-5-2-6-20-36)46-28-14-25-43-49(46)42-24-13-18-35-31-34-17-7-8-22-39(34)50(43)48(35)42/h1-32H. The van der Waals surface area contributed by atoms with Gasteiger partial charge in [0, 0.05) is 33.3 Å². The zero-order valence-corrected chi connectivity index (χ0v) is 28.4. The molecule has 0 unspecified atom stereocenters. The highest BCUT2D eigenvalue weighted by atomic mass is 15.1. The monoisotopic (exact) mass is 660 g/mol. The average molecular weight is 661 g/mol. The molecule has 0 fully saturated rings. The first-order valence-electron chi connectivity index (χ1n) is 17.9. The fourth-order valence-electron chi connectivity index (χ4n) is 8.72. The quantitative estimate of drug-likeness (QED) is 0.167. The van der Waals surface area contributed by atoms with Crippen molar-refractivity contribution in [2.45, 2.75) is 0 Å². The molecule has 1 heterocycles. The van der Waals surface area contributed by atoms with Gasteiger partial charge in [-0.2, -0.15) is 0 Å². The van der Waals surface area contributed by atoms with Crippen LogP contribution < -0.4 is 4.90 Å². The minimum Gasteiger partial charge on any atom is -0.310 e. The van der Waals surface area contributed by atoms with Crippen LogP contribution in [-0.2, 0) is 0 Å². The lowest BCUT2D eigenvalue weighted by Gasteiger charge is -2.28. The van der Waals surface area contributed by atoms with E-state index < -0.39 is 0 Å². The molecular formula is C50H32N2. The van der Waals surface area contributed by atoms with Crippen molar-refractivity contribution < 1.29 is 0 Å². The lowest BCUT2D eigenvalue weighted by atomic mass is 9.96. The summed E-state index contributed by atoms with van der Waals surface area (Å²) in [5.41, 5.74) is 14.5. The molecule has 0 saturated carbocycles. The van der Waals surface area contributed by atoms with E-state index in [2.05, 4.69) is 204 Å². The van der Waals surface area contributed by atoms with Gasteiger partial charge in [-0.25, -0.2) is 0 Å². The number of aromatic nitrogens is 1. The van der Waals surface area contributed by atoms with Gasteiger partial charge in [-0.05, 0) is 92.3 Å². The van der Waals surface area contributed by atoms with Gasteiger partial charge in [-0.15, -0.1) is 0 Å². The maximum atomic E-state index is 2.46. The highest BCUT2D eigenvalue weighted by molar-refractivity contribution is 6.25. The lowest BCUT2D eigenvalue weighted by molar-refractivity contribution is 1.18. The van der Waals surface area contributed by atoms with Crippen LogP contribution >= 0.6 is 0 Å². The number of hydrogen-bond acceptors (Lipinski definition) is 1. The molecule has 0 radical (unpaired) electrons. The fourth-order valence-corrected chi connectivity index (χ4v) is 8.72. The lowest BCUT2D eigenvalue weighted by Crippen LogP contribution is -2.11. The molecule has 0 amide bonds. The number of fused-ring (bicyclic) bond motifs is 8. The van der Waals surface area contributed by atoms with Crippen molar-refractivity contribution in [3.8, 4) is 39.1 Å². The SMILES string of the molecule is c1ccc(-c2ccccc2-n2c3ccccc3c3ccc(N(c4ccccc4)c4cccc5c4-c4cccc6cc7ccccc7c-5c46)cc32)cc1. The minimum absolute atomic E-state index is 1.11. The van der Waals surface area contributed by atoms with Crippen molar-refractivity contribution in [1.82, 2.24) is 4.57 Å². The van der Waals surface area contributed by atoms with Crippen LogP contribution in [-0.4, -0.2) is 4.57 Å². The first-order valence-corrected chi connectivity index (χ1v) is 17.9. The van der Waals surface area contributed by atoms with Crippen LogP contribution in [0.3, 0.4) is 0 Å². The van der Waals surface area contributed by atoms with Crippen LogP contribution in [0.5, 0.6) is 0 Å². The normalized spacial score (nSPS) is 11.8. The van der Waals surface area contributed by atoms with Gasteiger partial charge in [0.2, 0.25) is 0 Å². The highest BCUT2D eigenvalue weighted by Crippen LogP contribution is 2.55. The number of benzene rings is 9. The smallest absolute Gasteiger partial charge is 0.0562 e. The second kappa shape index (κ2) is 11.3. The Morgan fingerprint density at radius 2 is 1.02 bits per heavy atom. The first-order chi connectivity index (χ1) is 25.8. The zero-order valence-electron chi connectivity index (χ0n) is 28.4. The van der Waals surface area contributed by atoms with E-state index in [0.717, 1.165) is 17.1 Å². The van der Waals surface area contributed by atoms with Gasteiger partial charge in [-0.3, -0.25) is 0 Å². The van der Waals surface area contributed by atoms with Gasteiger partial charge >= 0.3 is 0 Å². The third-order valence-corrected chi connectivity index (χ3v) is 10.9. The molecule has 52 heavy (non-hydrogen) atoms. The molecule has 0 aliphatic heterocycles. The van der Waals surface area contributed by atoms with E-state index in [4.69, 9.17) is 0 Å². The van der Waals surface area contributed by atoms with E-state index in [0.29, 0.717) is 0 Å². The summed E-state index contributed by atoms with van der Waals surface area (Å²) in [6.07, 6.45) is 0. The van der Waals surface area contributed by atoms with Gasteiger partial charge in [0.05, 0.1) is 22.4 Å². The summed E-state index contributed by atoms with van der Waals surface area (Å²) in [4.78, 5) is 2.45. The van der Waals surface area contributed by atoms with Gasteiger partial charge in [0.15, 0.2) is 0 Å². The molecular weight excluding hydrogens is 629 g/mol. The average Bonchev–Trinajstić information content (AvgIpc) is 3.73. The van der Waals surface area contributed by atoms with E-state index in [9.17, 15) is 0 Å². The number of rotatable bonds is 5. The summed E-state index contributed by atoms with van der Waals surface area (Å²) < 4.78 is 2.46. The van der Waals surface area contributed by atoms with Crippen molar-refractivity contribution in [3.05, 3.63) is 194 Å². The van der Waals surface area contributed by atoms with E-state index in [1.165, 1.54) is 82.4 Å². The van der Waals surface area contributed by atoms with E-state index in [-0.39, 0.29) is 0 Å². The summed E-state index contributed by atoms with van der Waals surface area (Å²) in [7, 11) is 0. The van der Waals surface area contributed by atoms with Crippen LogP contribution in [0.2, 0.25) is 0 Å². The first kappa shape index (κ1) is 28.9. The Hall–Kier alpha value is -6.90. The van der Waals surface area contributed by atoms with Crippen molar-refractivity contribution >= 4 is 60.4 Å². The Balaban J connectivity index is 1.20. The third-order valence-electron chi connectivity index (χ3n) is 10.9. The Morgan fingerprint density at radius 1 is 0.365 bits per heavy atom. The maximum Gasteiger partial charge on any atom is 0.0562 e. The van der Waals surface area contributed by atoms with Crippen molar-refractivity contribution in [3.63, 3.8) is 0 Å². The predicted molar refractivity (Wildman–Crippen MR) is 220 cm³/mol. The third kappa shape index (κ3) is 4.19. The molecule has 10 aromatic rings. The minimum atomic E-state index is 1.11. The largest absolute Gasteiger partial charge is 0.310 e. The number of nitrogens with zero attached hydrogens (tertiary/aromatic N) is 2. The molecule has 0 bridgehead atoms. The Kier molecular flexibility index (Phi) is 6.28. The molecule has 1 aliphatic carbocycles. The second-order valence-corrected chi connectivity index (χ2v) is 13.7. The molecule has 0 spiro atoms. The van der Waals surface area contributed by atoms with E-state index in [1.54, 1.807) is 0 Å². The second-order valence-electron chi connectivity index (χ2n) is 13.7. The number of anilines is 3. The number of hydrogen-bond donors (Lipinski definition) is 0. The summed E-state index contributed by atoms with van der Waals surface area (Å²) in [5.74, 6) is 0. The molecule has 1 aromatic heterocycles. The molecule has 0 N–H and O–H groups in total. The highest BCUT2D eigenvalue weighted by Gasteiger charge is 2.29. The van der Waals surface area contributed by atoms with Crippen molar-refractivity contribution in [2.75, 3.05) is 4.90 Å². The van der Waals surface area contributed by atoms with Gasteiger partial charge < -0.3 is 9.47 Å². The molecule has 1 aliphatic rings. The Labute approximate surface area is 302 Å². The van der Waals surface area contributed by atoms with E-state index in [1.807, 2.05) is 0 Å². The molecule has 9 aromatic carbocycles. The zero-order chi connectivity index (χ0) is 34.2. The van der Waals surface area contributed by atoms with Gasteiger partial charge in [0.25, 0.3) is 0 Å². The Bertz CT molecular complexity index is 3010. The molecule has 0 saturated heterocycles. The predicted octanol–water partition coefficient (Wildman–Crippen LogP) is 13.9.